The predicted molar refractivity (Wildman–Crippen MR) is 74.4 cm³/mol. The monoisotopic (exact) mass is 235 g/mol. The van der Waals surface area contributed by atoms with E-state index in [0.717, 1.165) is 24.5 Å². The Morgan fingerprint density at radius 1 is 1.29 bits per heavy atom. The summed E-state index contributed by atoms with van der Waals surface area (Å²) in [5.41, 5.74) is 10.5. The molecule has 1 aromatic rings. The number of pyridine rings is 1. The number of unbranched alkanes of at least 4 members (excludes halogenated alkanes) is 1. The maximum absolute atomic E-state index is 5.86. The molecule has 0 saturated heterocycles. The van der Waals surface area contributed by atoms with E-state index in [1.165, 1.54) is 24.1 Å². The standard InChI is InChI=1S/C14H25N3/c1-5-7-8-17(6-2)14-9-11(3)16-12(4)13(14)10-15/h9H,5-8,10,15H2,1-4H3. The van der Waals surface area contributed by atoms with E-state index >= 15 is 0 Å². The second-order valence-electron chi connectivity index (χ2n) is 4.48. The highest BCUT2D eigenvalue weighted by molar-refractivity contribution is 5.56. The Hall–Kier alpha value is -1.09. The van der Waals surface area contributed by atoms with Crippen LogP contribution in [0.15, 0.2) is 6.07 Å². The summed E-state index contributed by atoms with van der Waals surface area (Å²) in [4.78, 5) is 6.91. The van der Waals surface area contributed by atoms with E-state index in [4.69, 9.17) is 5.73 Å². The zero-order valence-corrected chi connectivity index (χ0v) is 11.6. The minimum atomic E-state index is 0.567. The van der Waals surface area contributed by atoms with Crippen molar-refractivity contribution in [1.29, 1.82) is 0 Å². The summed E-state index contributed by atoms with van der Waals surface area (Å²) in [5.74, 6) is 0. The van der Waals surface area contributed by atoms with Gasteiger partial charge in [-0.05, 0) is 33.3 Å². The van der Waals surface area contributed by atoms with Crippen molar-refractivity contribution < 1.29 is 0 Å². The lowest BCUT2D eigenvalue weighted by molar-refractivity contribution is 0.726. The van der Waals surface area contributed by atoms with Gasteiger partial charge in [-0.1, -0.05) is 13.3 Å². The molecule has 2 N–H and O–H groups in total. The first-order valence-corrected chi connectivity index (χ1v) is 6.56. The number of nitrogens with two attached hydrogens (primary N) is 1. The summed E-state index contributed by atoms with van der Waals surface area (Å²) in [5, 5.41) is 0. The summed E-state index contributed by atoms with van der Waals surface area (Å²) in [7, 11) is 0. The van der Waals surface area contributed by atoms with Gasteiger partial charge in [-0.3, -0.25) is 4.98 Å². The number of aryl methyl sites for hydroxylation is 2. The number of nitrogens with zero attached hydrogens (tertiary/aromatic N) is 2. The molecule has 0 amide bonds. The first kappa shape index (κ1) is 14.0. The highest BCUT2D eigenvalue weighted by Gasteiger charge is 2.12. The summed E-state index contributed by atoms with van der Waals surface area (Å²) in [6, 6.07) is 2.16. The van der Waals surface area contributed by atoms with E-state index in [2.05, 4.69) is 29.8 Å². The Kier molecular flexibility index (Phi) is 5.42. The third-order valence-electron chi connectivity index (χ3n) is 3.14. The molecule has 1 heterocycles. The van der Waals surface area contributed by atoms with E-state index in [-0.39, 0.29) is 0 Å². The molecule has 0 aromatic carbocycles. The smallest absolute Gasteiger partial charge is 0.0448 e. The molecule has 1 rings (SSSR count). The first-order chi connectivity index (χ1) is 8.13. The zero-order chi connectivity index (χ0) is 12.8. The molecule has 0 aliphatic carbocycles. The third kappa shape index (κ3) is 3.43. The van der Waals surface area contributed by atoms with Crippen LogP contribution in [-0.4, -0.2) is 18.1 Å². The fraction of sp³-hybridized carbons (Fsp3) is 0.643. The first-order valence-electron chi connectivity index (χ1n) is 6.56. The van der Waals surface area contributed by atoms with Crippen LogP contribution in [0.3, 0.4) is 0 Å². The van der Waals surface area contributed by atoms with Gasteiger partial charge >= 0.3 is 0 Å². The molecule has 0 atom stereocenters. The fourth-order valence-corrected chi connectivity index (χ4v) is 2.17. The Labute approximate surface area is 105 Å². The zero-order valence-electron chi connectivity index (χ0n) is 11.6. The Morgan fingerprint density at radius 2 is 2.00 bits per heavy atom. The van der Waals surface area contributed by atoms with Gasteiger partial charge in [-0.15, -0.1) is 0 Å². The molecule has 3 nitrogen and oxygen atoms in total. The van der Waals surface area contributed by atoms with Gasteiger partial charge < -0.3 is 10.6 Å². The lowest BCUT2D eigenvalue weighted by Crippen LogP contribution is -2.26. The molecule has 1 aromatic heterocycles. The van der Waals surface area contributed by atoms with Crippen molar-refractivity contribution >= 4 is 5.69 Å². The van der Waals surface area contributed by atoms with E-state index in [1.807, 2.05) is 13.8 Å². The molecule has 0 radical (unpaired) electrons. The van der Waals surface area contributed by atoms with Crippen LogP contribution in [0.25, 0.3) is 0 Å². The lowest BCUT2D eigenvalue weighted by atomic mass is 10.1. The molecule has 0 unspecified atom stereocenters. The summed E-state index contributed by atoms with van der Waals surface area (Å²) >= 11 is 0. The van der Waals surface area contributed by atoms with E-state index in [0.29, 0.717) is 6.54 Å². The lowest BCUT2D eigenvalue weighted by Gasteiger charge is -2.26. The number of hydrogen-bond acceptors (Lipinski definition) is 3. The minimum Gasteiger partial charge on any atom is -0.371 e. The fourth-order valence-electron chi connectivity index (χ4n) is 2.17. The van der Waals surface area contributed by atoms with Crippen LogP contribution < -0.4 is 10.6 Å². The van der Waals surface area contributed by atoms with Crippen molar-refractivity contribution in [2.45, 2.75) is 47.1 Å². The Balaban J connectivity index is 3.07. The summed E-state index contributed by atoms with van der Waals surface area (Å²) < 4.78 is 0. The quantitative estimate of drug-likeness (QED) is 0.824. The van der Waals surface area contributed by atoms with E-state index in [1.54, 1.807) is 0 Å². The van der Waals surface area contributed by atoms with Crippen molar-refractivity contribution in [1.82, 2.24) is 4.98 Å². The molecule has 3 heteroatoms. The summed E-state index contributed by atoms with van der Waals surface area (Å²) in [6.07, 6.45) is 2.44. The summed E-state index contributed by atoms with van der Waals surface area (Å²) in [6.45, 7) is 11.2. The Morgan fingerprint density at radius 3 is 2.53 bits per heavy atom. The average Bonchev–Trinajstić information content (AvgIpc) is 2.29. The van der Waals surface area contributed by atoms with Crippen molar-refractivity contribution in [2.24, 2.45) is 5.73 Å². The molecule has 0 saturated carbocycles. The van der Waals surface area contributed by atoms with Crippen molar-refractivity contribution in [3.05, 3.63) is 23.0 Å². The van der Waals surface area contributed by atoms with Gasteiger partial charge in [0.1, 0.15) is 0 Å². The highest BCUT2D eigenvalue weighted by Crippen LogP contribution is 2.23. The maximum atomic E-state index is 5.86. The Bertz CT molecular complexity index is 361. The number of rotatable bonds is 6. The van der Waals surface area contributed by atoms with Crippen LogP contribution in [0.1, 0.15) is 43.6 Å². The number of aromatic nitrogens is 1. The van der Waals surface area contributed by atoms with Crippen molar-refractivity contribution in [3.8, 4) is 0 Å². The molecule has 17 heavy (non-hydrogen) atoms. The minimum absolute atomic E-state index is 0.567. The molecule has 0 bridgehead atoms. The second kappa shape index (κ2) is 6.60. The van der Waals surface area contributed by atoms with Gasteiger partial charge in [0.2, 0.25) is 0 Å². The van der Waals surface area contributed by atoms with Crippen molar-refractivity contribution in [3.63, 3.8) is 0 Å². The number of anilines is 1. The number of hydrogen-bond donors (Lipinski definition) is 1. The second-order valence-corrected chi connectivity index (χ2v) is 4.48. The van der Waals surface area contributed by atoms with E-state index < -0.39 is 0 Å². The molecule has 0 aliphatic rings. The van der Waals surface area contributed by atoms with Gasteiger partial charge in [0, 0.05) is 42.3 Å². The maximum Gasteiger partial charge on any atom is 0.0448 e. The predicted octanol–water partition coefficient (Wildman–Crippen LogP) is 2.78. The van der Waals surface area contributed by atoms with Crippen LogP contribution in [0.2, 0.25) is 0 Å². The third-order valence-corrected chi connectivity index (χ3v) is 3.14. The molecule has 0 aliphatic heterocycles. The van der Waals surface area contributed by atoms with Gasteiger partial charge in [0.25, 0.3) is 0 Å². The van der Waals surface area contributed by atoms with Crippen LogP contribution in [0, 0.1) is 13.8 Å². The van der Waals surface area contributed by atoms with Crippen molar-refractivity contribution in [2.75, 3.05) is 18.0 Å². The largest absolute Gasteiger partial charge is 0.371 e. The van der Waals surface area contributed by atoms with Gasteiger partial charge in [0.05, 0.1) is 0 Å². The molecule has 0 spiro atoms. The van der Waals surface area contributed by atoms with E-state index in [9.17, 15) is 0 Å². The van der Waals surface area contributed by atoms with Gasteiger partial charge in [-0.2, -0.15) is 0 Å². The topological polar surface area (TPSA) is 42.2 Å². The SMILES string of the molecule is CCCCN(CC)c1cc(C)nc(C)c1CN. The molecular formula is C14H25N3. The highest BCUT2D eigenvalue weighted by atomic mass is 15.1. The van der Waals surface area contributed by atoms with Gasteiger partial charge in [-0.25, -0.2) is 0 Å². The van der Waals surface area contributed by atoms with Crippen LogP contribution >= 0.6 is 0 Å². The van der Waals surface area contributed by atoms with Crippen LogP contribution in [0.5, 0.6) is 0 Å². The molecule has 0 fully saturated rings. The average molecular weight is 235 g/mol. The molecule has 96 valence electrons. The normalized spacial score (nSPS) is 10.6. The van der Waals surface area contributed by atoms with Crippen LogP contribution in [-0.2, 0) is 6.54 Å². The molecular weight excluding hydrogens is 210 g/mol. The van der Waals surface area contributed by atoms with Crippen LogP contribution in [0.4, 0.5) is 5.69 Å². The van der Waals surface area contributed by atoms with Gasteiger partial charge in [0.15, 0.2) is 0 Å².